The highest BCUT2D eigenvalue weighted by Gasteiger charge is 2.51. The Morgan fingerprint density at radius 3 is 2.69 bits per heavy atom. The molecule has 2 aromatic heterocycles. The number of carbonyl (C=O) groups is 1. The van der Waals surface area contributed by atoms with Crippen LogP contribution < -0.4 is 5.32 Å². The third-order valence-corrected chi connectivity index (χ3v) is 4.86. The monoisotopic (exact) mass is 350 g/mol. The van der Waals surface area contributed by atoms with E-state index in [-0.39, 0.29) is 11.7 Å². The lowest BCUT2D eigenvalue weighted by Crippen LogP contribution is -2.34. The van der Waals surface area contributed by atoms with Gasteiger partial charge in [0.15, 0.2) is 0 Å². The Kier molecular flexibility index (Phi) is 4.03. The fourth-order valence-electron chi connectivity index (χ4n) is 3.19. The second kappa shape index (κ2) is 6.37. The van der Waals surface area contributed by atoms with Gasteiger partial charge in [0, 0.05) is 31.5 Å². The van der Waals surface area contributed by atoms with Crippen molar-refractivity contribution in [3.63, 3.8) is 0 Å². The molecule has 0 aliphatic heterocycles. The minimum atomic E-state index is -0.507. The van der Waals surface area contributed by atoms with Gasteiger partial charge in [0.2, 0.25) is 5.91 Å². The Morgan fingerprint density at radius 2 is 2.04 bits per heavy atom. The maximum Gasteiger partial charge on any atom is 0.230 e. The van der Waals surface area contributed by atoms with Gasteiger partial charge >= 0.3 is 0 Å². The van der Waals surface area contributed by atoms with Crippen LogP contribution in [0.1, 0.15) is 24.0 Å². The average molecular weight is 350 g/mol. The second-order valence-corrected chi connectivity index (χ2v) is 6.72. The van der Waals surface area contributed by atoms with Crippen molar-refractivity contribution in [2.24, 2.45) is 7.05 Å². The van der Waals surface area contributed by atoms with Gasteiger partial charge in [0.05, 0.1) is 17.3 Å². The zero-order chi connectivity index (χ0) is 18.1. The Bertz CT molecular complexity index is 944. The smallest absolute Gasteiger partial charge is 0.230 e. The van der Waals surface area contributed by atoms with Crippen LogP contribution in [0.2, 0.25) is 0 Å². The molecule has 4 rings (SSSR count). The predicted octanol–water partition coefficient (Wildman–Crippen LogP) is 2.97. The number of benzene rings is 1. The van der Waals surface area contributed by atoms with Crippen molar-refractivity contribution in [2.75, 3.05) is 0 Å². The van der Waals surface area contributed by atoms with Gasteiger partial charge in [0.1, 0.15) is 5.82 Å². The number of hydrogen-bond donors (Lipinski definition) is 1. The normalized spacial score (nSPS) is 14.8. The van der Waals surface area contributed by atoms with E-state index in [0.717, 1.165) is 35.2 Å². The van der Waals surface area contributed by atoms with E-state index in [0.29, 0.717) is 6.54 Å². The van der Waals surface area contributed by atoms with Crippen LogP contribution in [-0.4, -0.2) is 20.7 Å². The molecular formula is C20H19FN4O. The van der Waals surface area contributed by atoms with E-state index in [1.807, 2.05) is 25.4 Å². The summed E-state index contributed by atoms with van der Waals surface area (Å²) in [6, 6.07) is 10.1. The van der Waals surface area contributed by atoms with E-state index in [1.54, 1.807) is 29.2 Å². The number of aromatic nitrogens is 3. The summed E-state index contributed by atoms with van der Waals surface area (Å²) >= 11 is 0. The lowest BCUT2D eigenvalue weighted by Gasteiger charge is -2.16. The molecule has 0 saturated heterocycles. The van der Waals surface area contributed by atoms with Gasteiger partial charge in [0.25, 0.3) is 0 Å². The van der Waals surface area contributed by atoms with E-state index in [9.17, 15) is 9.18 Å². The molecule has 132 valence electrons. The molecule has 0 atom stereocenters. The number of amides is 1. The van der Waals surface area contributed by atoms with E-state index < -0.39 is 5.41 Å². The second-order valence-electron chi connectivity index (χ2n) is 6.72. The number of carbonyl (C=O) groups excluding carboxylic acids is 1. The molecule has 1 aliphatic rings. The first-order valence-corrected chi connectivity index (χ1v) is 8.55. The molecule has 0 unspecified atom stereocenters. The summed E-state index contributed by atoms with van der Waals surface area (Å²) in [7, 11) is 1.86. The van der Waals surface area contributed by atoms with Crippen molar-refractivity contribution >= 4 is 5.91 Å². The third-order valence-electron chi connectivity index (χ3n) is 4.86. The highest BCUT2D eigenvalue weighted by Crippen LogP contribution is 2.48. The summed E-state index contributed by atoms with van der Waals surface area (Å²) < 4.78 is 14.9. The van der Waals surface area contributed by atoms with Crippen LogP contribution in [0.25, 0.3) is 11.3 Å². The maximum atomic E-state index is 13.1. The summed E-state index contributed by atoms with van der Waals surface area (Å²) in [6.07, 6.45) is 6.98. The lowest BCUT2D eigenvalue weighted by molar-refractivity contribution is -0.123. The minimum Gasteiger partial charge on any atom is -0.351 e. The first-order chi connectivity index (χ1) is 12.6. The van der Waals surface area contributed by atoms with Crippen LogP contribution in [0.15, 0.2) is 55.0 Å². The molecule has 5 nitrogen and oxygen atoms in total. The van der Waals surface area contributed by atoms with Crippen molar-refractivity contribution in [3.05, 3.63) is 71.9 Å². The molecule has 0 radical (unpaired) electrons. The Balaban J connectivity index is 1.46. The highest BCUT2D eigenvalue weighted by molar-refractivity contribution is 5.91. The summed E-state index contributed by atoms with van der Waals surface area (Å²) in [5.41, 5.74) is 3.10. The van der Waals surface area contributed by atoms with Crippen LogP contribution in [0.3, 0.4) is 0 Å². The fraction of sp³-hybridized carbons (Fsp3) is 0.250. The first kappa shape index (κ1) is 16.4. The summed E-state index contributed by atoms with van der Waals surface area (Å²) in [5.74, 6) is -0.298. The van der Waals surface area contributed by atoms with Gasteiger partial charge in [-0.25, -0.2) is 4.39 Å². The largest absolute Gasteiger partial charge is 0.351 e. The zero-order valence-electron chi connectivity index (χ0n) is 14.4. The Labute approximate surface area is 150 Å². The van der Waals surface area contributed by atoms with Crippen molar-refractivity contribution in [1.29, 1.82) is 0 Å². The van der Waals surface area contributed by atoms with Gasteiger partial charge in [-0.2, -0.15) is 5.10 Å². The average Bonchev–Trinajstić information content (AvgIpc) is 3.35. The number of aryl methyl sites for hydroxylation is 1. The van der Waals surface area contributed by atoms with Crippen LogP contribution in [0.4, 0.5) is 4.39 Å². The predicted molar refractivity (Wildman–Crippen MR) is 95.6 cm³/mol. The van der Waals surface area contributed by atoms with E-state index in [2.05, 4.69) is 15.4 Å². The van der Waals surface area contributed by atoms with E-state index in [1.165, 1.54) is 12.1 Å². The van der Waals surface area contributed by atoms with Gasteiger partial charge in [-0.1, -0.05) is 12.1 Å². The number of halogens is 1. The fourth-order valence-corrected chi connectivity index (χ4v) is 3.19. The van der Waals surface area contributed by atoms with Gasteiger partial charge in [-0.15, -0.1) is 0 Å². The summed E-state index contributed by atoms with van der Waals surface area (Å²) in [6.45, 7) is 0.428. The van der Waals surface area contributed by atoms with Crippen molar-refractivity contribution in [2.45, 2.75) is 24.8 Å². The first-order valence-electron chi connectivity index (χ1n) is 8.55. The van der Waals surface area contributed by atoms with Gasteiger partial charge in [-0.05, 0) is 48.2 Å². The molecule has 6 heteroatoms. The quantitative estimate of drug-likeness (QED) is 0.770. The number of nitrogens with one attached hydrogen (secondary N) is 1. The van der Waals surface area contributed by atoms with Crippen molar-refractivity contribution in [1.82, 2.24) is 20.1 Å². The zero-order valence-corrected chi connectivity index (χ0v) is 14.4. The summed E-state index contributed by atoms with van der Waals surface area (Å²) in [5, 5.41) is 7.17. The topological polar surface area (TPSA) is 59.8 Å². The number of pyridine rings is 1. The Hall–Kier alpha value is -3.02. The molecule has 26 heavy (non-hydrogen) atoms. The van der Waals surface area contributed by atoms with Crippen LogP contribution in [0.5, 0.6) is 0 Å². The molecule has 1 saturated carbocycles. The molecule has 1 amide bonds. The van der Waals surface area contributed by atoms with Crippen molar-refractivity contribution in [3.8, 4) is 11.3 Å². The SMILES string of the molecule is Cn1cc(-c2cc(CNC(=O)C3(c4ccc(F)cc4)CC3)ccn2)cn1. The molecule has 1 aliphatic carbocycles. The molecule has 1 N–H and O–H groups in total. The molecule has 0 bridgehead atoms. The number of hydrogen-bond acceptors (Lipinski definition) is 3. The maximum absolute atomic E-state index is 13.1. The van der Waals surface area contributed by atoms with E-state index in [4.69, 9.17) is 0 Å². The Morgan fingerprint density at radius 1 is 1.27 bits per heavy atom. The molecular weight excluding hydrogens is 331 g/mol. The number of rotatable bonds is 5. The molecule has 3 aromatic rings. The molecule has 1 fully saturated rings. The molecule has 2 heterocycles. The highest BCUT2D eigenvalue weighted by atomic mass is 19.1. The standard InChI is InChI=1S/C20H19FN4O/c1-25-13-15(12-24-25)18-10-14(6-9-22-18)11-23-19(26)20(7-8-20)16-2-4-17(21)5-3-16/h2-6,9-10,12-13H,7-8,11H2,1H3,(H,23,26). The van der Waals surface area contributed by atoms with Crippen LogP contribution >= 0.6 is 0 Å². The molecule has 1 aromatic carbocycles. The van der Waals surface area contributed by atoms with Crippen LogP contribution in [0, 0.1) is 5.82 Å². The molecule has 0 spiro atoms. The lowest BCUT2D eigenvalue weighted by atomic mass is 9.95. The third kappa shape index (κ3) is 3.10. The van der Waals surface area contributed by atoms with Crippen molar-refractivity contribution < 1.29 is 9.18 Å². The minimum absolute atomic E-state index is 0.0103. The van der Waals surface area contributed by atoms with Gasteiger partial charge < -0.3 is 5.32 Å². The van der Waals surface area contributed by atoms with Gasteiger partial charge in [-0.3, -0.25) is 14.5 Å². The van der Waals surface area contributed by atoms with E-state index >= 15 is 0 Å². The van der Waals surface area contributed by atoms with Crippen LogP contribution in [-0.2, 0) is 23.8 Å². The number of nitrogens with zero attached hydrogens (tertiary/aromatic N) is 3. The summed E-state index contributed by atoms with van der Waals surface area (Å²) in [4.78, 5) is 17.1.